The summed E-state index contributed by atoms with van der Waals surface area (Å²) in [5.41, 5.74) is 1.09. The first-order valence-electron chi connectivity index (χ1n) is 6.17. The van der Waals surface area contributed by atoms with Crippen molar-refractivity contribution >= 4 is 21.8 Å². The van der Waals surface area contributed by atoms with Crippen LogP contribution in [0, 0.1) is 0 Å². The Balaban J connectivity index is 1.84. The summed E-state index contributed by atoms with van der Waals surface area (Å²) in [6.45, 7) is 2.58. The first-order chi connectivity index (χ1) is 9.15. The van der Waals surface area contributed by atoms with Crippen molar-refractivity contribution < 1.29 is 4.79 Å². The Hall–Kier alpha value is -1.62. The Bertz CT molecular complexity index is 539. The van der Waals surface area contributed by atoms with Gasteiger partial charge in [0.1, 0.15) is 0 Å². The fraction of sp³-hybridized carbons (Fsp3) is 0.286. The largest absolute Gasteiger partial charge is 0.350 e. The summed E-state index contributed by atoms with van der Waals surface area (Å²) in [5, 5.41) is 7.05. The molecule has 1 N–H and O–H groups in total. The summed E-state index contributed by atoms with van der Waals surface area (Å²) in [6, 6.07) is 9.80. The molecule has 2 rings (SSSR count). The van der Waals surface area contributed by atoms with Crippen molar-refractivity contribution in [3.8, 4) is 0 Å². The molecule has 1 aromatic carbocycles. The third-order valence-electron chi connectivity index (χ3n) is 2.85. The standard InChI is InChI=1S/C14H16BrN3O/c1-11(12-4-2-5-13(15)10-12)17-14(19)6-9-18-8-3-7-16-18/h2-5,7-8,10-11H,6,9H2,1H3,(H,17,19). The van der Waals surface area contributed by atoms with E-state index >= 15 is 0 Å². The highest BCUT2D eigenvalue weighted by atomic mass is 79.9. The van der Waals surface area contributed by atoms with Crippen molar-refractivity contribution in [1.29, 1.82) is 0 Å². The van der Waals surface area contributed by atoms with Crippen molar-refractivity contribution in [2.75, 3.05) is 0 Å². The molecule has 0 spiro atoms. The van der Waals surface area contributed by atoms with Gasteiger partial charge in [-0.25, -0.2) is 0 Å². The van der Waals surface area contributed by atoms with Gasteiger partial charge in [0.05, 0.1) is 6.04 Å². The van der Waals surface area contributed by atoms with Crippen LogP contribution in [0.5, 0.6) is 0 Å². The van der Waals surface area contributed by atoms with Gasteiger partial charge in [-0.05, 0) is 30.7 Å². The van der Waals surface area contributed by atoms with Crippen LogP contribution in [-0.4, -0.2) is 15.7 Å². The second-order valence-electron chi connectivity index (χ2n) is 4.36. The van der Waals surface area contributed by atoms with Gasteiger partial charge in [0, 0.05) is 29.8 Å². The van der Waals surface area contributed by atoms with Gasteiger partial charge in [-0.15, -0.1) is 0 Å². The van der Waals surface area contributed by atoms with Crippen LogP contribution in [0.1, 0.15) is 24.9 Å². The lowest BCUT2D eigenvalue weighted by Gasteiger charge is -2.14. The molecule has 19 heavy (non-hydrogen) atoms. The summed E-state index contributed by atoms with van der Waals surface area (Å²) in [5.74, 6) is 0.0305. The van der Waals surface area contributed by atoms with Gasteiger partial charge >= 0.3 is 0 Å². The van der Waals surface area contributed by atoms with E-state index < -0.39 is 0 Å². The van der Waals surface area contributed by atoms with Gasteiger partial charge in [0.15, 0.2) is 0 Å². The monoisotopic (exact) mass is 321 g/mol. The molecule has 0 aliphatic carbocycles. The van der Waals surface area contributed by atoms with Crippen LogP contribution < -0.4 is 5.32 Å². The van der Waals surface area contributed by atoms with Crippen molar-refractivity contribution in [3.63, 3.8) is 0 Å². The van der Waals surface area contributed by atoms with E-state index in [9.17, 15) is 4.79 Å². The molecule has 0 aliphatic heterocycles. The number of amides is 1. The summed E-state index contributed by atoms with van der Waals surface area (Å²) in [4.78, 5) is 11.8. The number of carbonyl (C=O) groups is 1. The Morgan fingerprint density at radius 1 is 1.47 bits per heavy atom. The molecule has 0 saturated carbocycles. The third kappa shape index (κ3) is 4.21. The van der Waals surface area contributed by atoms with E-state index in [4.69, 9.17) is 0 Å². The summed E-state index contributed by atoms with van der Waals surface area (Å²) >= 11 is 3.43. The smallest absolute Gasteiger partial charge is 0.222 e. The van der Waals surface area contributed by atoms with Gasteiger partial charge in [0.25, 0.3) is 0 Å². The molecule has 0 fully saturated rings. The molecular formula is C14H16BrN3O. The zero-order valence-electron chi connectivity index (χ0n) is 10.7. The minimum absolute atomic E-state index is 0.00243. The van der Waals surface area contributed by atoms with Crippen LogP contribution in [0.25, 0.3) is 0 Å². The van der Waals surface area contributed by atoms with E-state index in [-0.39, 0.29) is 11.9 Å². The van der Waals surface area contributed by atoms with Crippen LogP contribution in [0.15, 0.2) is 47.2 Å². The minimum atomic E-state index is 0.00243. The molecule has 0 radical (unpaired) electrons. The molecule has 0 aliphatic rings. The zero-order chi connectivity index (χ0) is 13.7. The van der Waals surface area contributed by atoms with E-state index in [1.165, 1.54) is 0 Å². The Morgan fingerprint density at radius 2 is 2.32 bits per heavy atom. The van der Waals surface area contributed by atoms with Crippen LogP contribution in [0.4, 0.5) is 0 Å². The second-order valence-corrected chi connectivity index (χ2v) is 5.28. The molecule has 2 aromatic rings. The number of aryl methyl sites for hydroxylation is 1. The first kappa shape index (κ1) is 13.8. The molecule has 1 atom stereocenters. The van der Waals surface area contributed by atoms with E-state index in [2.05, 4.69) is 26.3 Å². The fourth-order valence-corrected chi connectivity index (χ4v) is 2.24. The van der Waals surface area contributed by atoms with Gasteiger partial charge in [-0.2, -0.15) is 5.10 Å². The van der Waals surface area contributed by atoms with Crippen LogP contribution in [0.3, 0.4) is 0 Å². The number of carbonyl (C=O) groups excluding carboxylic acids is 1. The van der Waals surface area contributed by atoms with Gasteiger partial charge in [0.2, 0.25) is 5.91 Å². The molecule has 1 heterocycles. The quantitative estimate of drug-likeness (QED) is 0.920. The van der Waals surface area contributed by atoms with Crippen molar-refractivity contribution in [1.82, 2.24) is 15.1 Å². The molecule has 1 unspecified atom stereocenters. The normalized spacial score (nSPS) is 12.1. The van der Waals surface area contributed by atoms with Crippen molar-refractivity contribution in [2.45, 2.75) is 25.9 Å². The highest BCUT2D eigenvalue weighted by molar-refractivity contribution is 9.10. The van der Waals surface area contributed by atoms with E-state index in [1.54, 1.807) is 10.9 Å². The Morgan fingerprint density at radius 3 is 3.00 bits per heavy atom. The highest BCUT2D eigenvalue weighted by Gasteiger charge is 2.09. The molecule has 1 amide bonds. The lowest BCUT2D eigenvalue weighted by Crippen LogP contribution is -2.27. The summed E-state index contributed by atoms with van der Waals surface area (Å²) in [7, 11) is 0. The average Bonchev–Trinajstić information content (AvgIpc) is 2.89. The third-order valence-corrected chi connectivity index (χ3v) is 3.35. The molecule has 100 valence electrons. The second kappa shape index (κ2) is 6.52. The van der Waals surface area contributed by atoms with Crippen LogP contribution in [-0.2, 0) is 11.3 Å². The lowest BCUT2D eigenvalue weighted by molar-refractivity contribution is -0.122. The number of hydrogen-bond acceptors (Lipinski definition) is 2. The fourth-order valence-electron chi connectivity index (χ4n) is 1.82. The Labute approximate surface area is 120 Å². The number of nitrogens with zero attached hydrogens (tertiary/aromatic N) is 2. The molecule has 4 nitrogen and oxygen atoms in total. The minimum Gasteiger partial charge on any atom is -0.350 e. The number of hydrogen-bond donors (Lipinski definition) is 1. The van der Waals surface area contributed by atoms with Gasteiger partial charge in [-0.1, -0.05) is 28.1 Å². The van der Waals surface area contributed by atoms with E-state index in [1.807, 2.05) is 43.5 Å². The highest BCUT2D eigenvalue weighted by Crippen LogP contribution is 2.17. The molecule has 1 aromatic heterocycles. The predicted octanol–water partition coefficient (Wildman–Crippen LogP) is 2.91. The zero-order valence-corrected chi connectivity index (χ0v) is 12.3. The molecule has 0 saturated heterocycles. The molecule has 5 heteroatoms. The number of aromatic nitrogens is 2. The lowest BCUT2D eigenvalue weighted by atomic mass is 10.1. The topological polar surface area (TPSA) is 46.9 Å². The van der Waals surface area contributed by atoms with Gasteiger partial charge in [-0.3, -0.25) is 9.48 Å². The summed E-state index contributed by atoms with van der Waals surface area (Å²) in [6.07, 6.45) is 3.99. The van der Waals surface area contributed by atoms with Crippen LogP contribution >= 0.6 is 15.9 Å². The predicted molar refractivity (Wildman–Crippen MR) is 77.5 cm³/mol. The maximum Gasteiger partial charge on any atom is 0.222 e. The van der Waals surface area contributed by atoms with Crippen molar-refractivity contribution in [2.24, 2.45) is 0 Å². The maximum absolute atomic E-state index is 11.8. The summed E-state index contributed by atoms with van der Waals surface area (Å²) < 4.78 is 2.77. The van der Waals surface area contributed by atoms with Crippen molar-refractivity contribution in [3.05, 3.63) is 52.8 Å². The number of rotatable bonds is 5. The van der Waals surface area contributed by atoms with E-state index in [0.29, 0.717) is 13.0 Å². The van der Waals surface area contributed by atoms with Crippen LogP contribution in [0.2, 0.25) is 0 Å². The average molecular weight is 322 g/mol. The molecule has 0 bridgehead atoms. The number of halogens is 1. The Kier molecular flexibility index (Phi) is 4.74. The first-order valence-corrected chi connectivity index (χ1v) is 6.97. The number of nitrogens with one attached hydrogen (secondary N) is 1. The molecular weight excluding hydrogens is 306 g/mol. The van der Waals surface area contributed by atoms with E-state index in [0.717, 1.165) is 10.0 Å². The SMILES string of the molecule is CC(NC(=O)CCn1cccn1)c1cccc(Br)c1. The van der Waals surface area contributed by atoms with Gasteiger partial charge < -0.3 is 5.32 Å². The number of benzene rings is 1. The maximum atomic E-state index is 11.8.